The summed E-state index contributed by atoms with van der Waals surface area (Å²) >= 11 is 3.17. The number of aromatic nitrogens is 6. The molecule has 0 saturated carbocycles. The van der Waals surface area contributed by atoms with Crippen molar-refractivity contribution >= 4 is 75.7 Å². The molecule has 2 aliphatic heterocycles. The number of fused-ring (bicyclic) bond motifs is 1. The molecule has 280 valence electrons. The van der Waals surface area contributed by atoms with Gasteiger partial charge in [0.2, 0.25) is 28.7 Å². The number of carbonyl (C=O) groups excluding carboxylic acids is 4. The van der Waals surface area contributed by atoms with E-state index in [1.807, 2.05) is 6.92 Å². The van der Waals surface area contributed by atoms with E-state index in [-0.39, 0.29) is 35.6 Å². The Hall–Kier alpha value is -4.25. The molecule has 2 aliphatic rings. The van der Waals surface area contributed by atoms with Crippen molar-refractivity contribution in [1.82, 2.24) is 45.1 Å². The first-order valence-electron chi connectivity index (χ1n) is 16.0. The van der Waals surface area contributed by atoms with Crippen LogP contribution in [0.15, 0.2) is 10.3 Å². The average molecular weight is 772 g/mol. The molecule has 4 rings (SSSR count). The third kappa shape index (κ3) is 10.4. The molecule has 0 aromatic carbocycles. The standard InChI is InChI=1S/C28H41N11O9S3/c1-6-7-11-46-22(42)15(2)48-34-16(18-32-24(29)51-35-18)19(40)31-17-20(41)38-12-28(23(43)44,13-49-21(17)38)14-50-25-33-36-37-39(25)10-8-9-30-26(45)47-27(3,4)5/h15,17,21H,6-14H2,1-5H3,(H,30,45)(H,31,40)(H,43,44)(H2,29,32,35)/t15?,17?,21-,28?/m1/s1. The van der Waals surface area contributed by atoms with Crippen molar-refractivity contribution in [2.75, 3.05) is 36.9 Å². The second-order valence-corrected chi connectivity index (χ2v) is 15.5. The SMILES string of the molecule is CCCCOC(=O)C(C)ON=C(C(=O)NC1C(=O)N2CC(CSc3nnnn3CCCNC(=O)OC(C)(C)C)(C(=O)O)CS[C@H]12)c1nsc(N)n1. The number of hydrogen-bond donors (Lipinski definition) is 4. The van der Waals surface area contributed by atoms with E-state index in [0.29, 0.717) is 31.1 Å². The van der Waals surface area contributed by atoms with Crippen molar-refractivity contribution in [2.24, 2.45) is 10.6 Å². The van der Waals surface area contributed by atoms with E-state index in [9.17, 15) is 29.1 Å². The maximum atomic E-state index is 13.4. The van der Waals surface area contributed by atoms with Gasteiger partial charge in [-0.3, -0.25) is 14.4 Å². The van der Waals surface area contributed by atoms with Crippen LogP contribution in [0.4, 0.5) is 9.93 Å². The lowest BCUT2D eigenvalue weighted by molar-refractivity contribution is -0.157. The van der Waals surface area contributed by atoms with Crippen LogP contribution < -0.4 is 16.4 Å². The number of carboxylic acids is 1. The predicted molar refractivity (Wildman–Crippen MR) is 185 cm³/mol. The Morgan fingerprint density at radius 1 is 1.25 bits per heavy atom. The number of nitrogens with two attached hydrogens (primary N) is 1. The van der Waals surface area contributed by atoms with E-state index in [4.69, 9.17) is 20.0 Å². The molecular weight excluding hydrogens is 731 g/mol. The number of β-lactam (4-membered cyclic amide) rings is 1. The zero-order chi connectivity index (χ0) is 37.3. The second-order valence-electron chi connectivity index (χ2n) is 12.6. The quantitative estimate of drug-likeness (QED) is 0.0431. The third-order valence-corrected chi connectivity index (χ3v) is 10.7. The summed E-state index contributed by atoms with van der Waals surface area (Å²) in [6.07, 6.45) is 0.305. The highest BCUT2D eigenvalue weighted by Gasteiger charge is 2.57. The van der Waals surface area contributed by atoms with Gasteiger partial charge in [-0.1, -0.05) is 30.3 Å². The van der Waals surface area contributed by atoms with Gasteiger partial charge < -0.3 is 40.7 Å². The Balaban J connectivity index is 1.34. The summed E-state index contributed by atoms with van der Waals surface area (Å²) in [5.41, 5.74) is 3.34. The number of nitrogens with one attached hydrogen (secondary N) is 2. The highest BCUT2D eigenvalue weighted by molar-refractivity contribution is 8.00. The van der Waals surface area contributed by atoms with Crippen molar-refractivity contribution in [3.63, 3.8) is 0 Å². The average Bonchev–Trinajstić information content (AvgIpc) is 3.71. The van der Waals surface area contributed by atoms with Gasteiger partial charge in [0.15, 0.2) is 5.13 Å². The van der Waals surface area contributed by atoms with Crippen molar-refractivity contribution in [1.29, 1.82) is 0 Å². The van der Waals surface area contributed by atoms with Crippen molar-refractivity contribution in [2.45, 2.75) is 88.7 Å². The second kappa shape index (κ2) is 17.3. The summed E-state index contributed by atoms with van der Waals surface area (Å²) in [6.45, 7) is 9.42. The lowest BCUT2D eigenvalue weighted by Gasteiger charge is -2.53. The zero-order valence-electron chi connectivity index (χ0n) is 28.7. The number of carbonyl (C=O) groups is 5. The molecule has 2 aromatic heterocycles. The summed E-state index contributed by atoms with van der Waals surface area (Å²) in [5.74, 6) is -3.08. The maximum absolute atomic E-state index is 13.4. The molecule has 23 heteroatoms. The van der Waals surface area contributed by atoms with Crippen LogP contribution in [0.25, 0.3) is 0 Å². The first kappa shape index (κ1) is 39.5. The summed E-state index contributed by atoms with van der Waals surface area (Å²) in [4.78, 5) is 74.0. The van der Waals surface area contributed by atoms with E-state index >= 15 is 0 Å². The molecule has 51 heavy (non-hydrogen) atoms. The van der Waals surface area contributed by atoms with Crippen LogP contribution >= 0.6 is 35.1 Å². The highest BCUT2D eigenvalue weighted by Crippen LogP contribution is 2.44. The molecule has 0 aliphatic carbocycles. The maximum Gasteiger partial charge on any atom is 0.407 e. The number of tetrazole rings is 1. The Labute approximate surface area is 305 Å². The smallest absolute Gasteiger partial charge is 0.407 e. The van der Waals surface area contributed by atoms with Crippen molar-refractivity contribution < 1.29 is 43.4 Å². The van der Waals surface area contributed by atoms with Gasteiger partial charge in [0.05, 0.1) is 6.61 Å². The number of aryl methyl sites for hydroxylation is 1. The van der Waals surface area contributed by atoms with Gasteiger partial charge in [0, 0.05) is 42.7 Å². The number of alkyl carbamates (subject to hydrolysis) is 1. The number of anilines is 1. The number of carboxylic acid groups (broad SMARTS) is 1. The van der Waals surface area contributed by atoms with Crippen LogP contribution in [0.5, 0.6) is 0 Å². The number of unbranched alkanes of at least 4 members (excludes halogenated alkanes) is 1. The van der Waals surface area contributed by atoms with E-state index in [1.54, 1.807) is 20.8 Å². The van der Waals surface area contributed by atoms with Gasteiger partial charge >= 0.3 is 18.0 Å². The lowest BCUT2D eigenvalue weighted by atomic mass is 9.89. The first-order valence-corrected chi connectivity index (χ1v) is 18.8. The molecule has 2 saturated heterocycles. The van der Waals surface area contributed by atoms with Crippen LogP contribution in [-0.4, -0.2) is 129 Å². The molecule has 3 amide bonds. The molecule has 5 N–H and O–H groups in total. The number of aliphatic carboxylic acids is 1. The molecule has 4 atom stereocenters. The monoisotopic (exact) mass is 771 g/mol. The Morgan fingerprint density at radius 3 is 2.69 bits per heavy atom. The minimum atomic E-state index is -1.34. The van der Waals surface area contributed by atoms with Crippen molar-refractivity contribution in [3.05, 3.63) is 5.82 Å². The molecule has 0 bridgehead atoms. The Morgan fingerprint density at radius 2 is 2.02 bits per heavy atom. The summed E-state index contributed by atoms with van der Waals surface area (Å²) in [6, 6.07) is -0.999. The fourth-order valence-corrected chi connectivity index (χ4v) is 7.82. The number of ether oxygens (including phenoxy) is 2. The third-order valence-electron chi connectivity index (χ3n) is 7.32. The van der Waals surface area contributed by atoms with Gasteiger partial charge in [0.1, 0.15) is 22.4 Å². The number of esters is 1. The number of amides is 3. The van der Waals surface area contributed by atoms with E-state index in [2.05, 4.69) is 40.7 Å². The van der Waals surface area contributed by atoms with E-state index in [1.165, 1.54) is 28.3 Å². The van der Waals surface area contributed by atoms with E-state index < -0.39 is 64.1 Å². The minimum absolute atomic E-state index is 0.0540. The molecule has 0 spiro atoms. The van der Waals surface area contributed by atoms with Gasteiger partial charge in [-0.2, -0.15) is 9.36 Å². The summed E-state index contributed by atoms with van der Waals surface area (Å²) < 4.78 is 15.9. The normalized spacial score (nSPS) is 20.8. The Kier molecular flexibility index (Phi) is 13.4. The fourth-order valence-electron chi connectivity index (χ4n) is 4.62. The largest absolute Gasteiger partial charge is 0.481 e. The lowest BCUT2D eigenvalue weighted by Crippen LogP contribution is -2.74. The molecule has 0 radical (unpaired) electrons. The first-order chi connectivity index (χ1) is 24.1. The number of nitrogens with zero attached hydrogens (tertiary/aromatic N) is 8. The van der Waals surface area contributed by atoms with Crippen molar-refractivity contribution in [3.8, 4) is 0 Å². The zero-order valence-corrected chi connectivity index (χ0v) is 31.1. The topological polar surface area (TPSA) is 268 Å². The van der Waals surface area contributed by atoms with Crippen LogP contribution in [0, 0.1) is 5.41 Å². The van der Waals surface area contributed by atoms with Gasteiger partial charge in [0.25, 0.3) is 5.91 Å². The molecular formula is C28H41N11O9S3. The molecule has 2 aromatic rings. The van der Waals surface area contributed by atoms with Gasteiger partial charge in [-0.15, -0.1) is 16.9 Å². The van der Waals surface area contributed by atoms with Crippen LogP contribution in [0.3, 0.4) is 0 Å². The molecule has 2 fully saturated rings. The fraction of sp³-hybridized carbons (Fsp3) is 0.679. The number of hydrogen-bond acceptors (Lipinski definition) is 18. The number of nitrogen functional groups attached to an aromatic ring is 1. The van der Waals surface area contributed by atoms with Crippen LogP contribution in [0.1, 0.15) is 59.7 Å². The highest BCUT2D eigenvalue weighted by atomic mass is 32.2. The van der Waals surface area contributed by atoms with E-state index in [0.717, 1.165) is 29.7 Å². The molecule has 20 nitrogen and oxygen atoms in total. The number of thioether (sulfide) groups is 2. The van der Waals surface area contributed by atoms with Gasteiger partial charge in [-0.25, -0.2) is 14.3 Å². The number of oxime groups is 1. The van der Waals surface area contributed by atoms with Crippen LogP contribution in [0.2, 0.25) is 0 Å². The molecule has 3 unspecified atom stereocenters. The summed E-state index contributed by atoms with van der Waals surface area (Å²) in [5, 5.41) is 31.0. The van der Waals surface area contributed by atoms with Crippen LogP contribution in [-0.2, 0) is 40.0 Å². The summed E-state index contributed by atoms with van der Waals surface area (Å²) in [7, 11) is 0. The number of rotatable bonds is 17. The predicted octanol–water partition coefficient (Wildman–Crippen LogP) is 0.737. The van der Waals surface area contributed by atoms with Gasteiger partial charge in [-0.05, 0) is 51.0 Å². The molecule has 4 heterocycles. The Bertz CT molecular complexity index is 1620. The minimum Gasteiger partial charge on any atom is -0.481 e.